The van der Waals surface area contributed by atoms with Crippen LogP contribution >= 0.6 is 0 Å². The number of aromatic nitrogens is 1. The third kappa shape index (κ3) is 2.53. The molecule has 96 valence electrons. The lowest BCUT2D eigenvalue weighted by Gasteiger charge is -2.12. The quantitative estimate of drug-likeness (QED) is 0.771. The highest BCUT2D eigenvalue weighted by atomic mass is 19.3. The molecule has 0 aliphatic rings. The molecule has 0 saturated carbocycles. The molecule has 0 fully saturated rings. The van der Waals surface area contributed by atoms with Crippen molar-refractivity contribution in [1.29, 1.82) is 5.26 Å². The van der Waals surface area contributed by atoms with Crippen molar-refractivity contribution >= 4 is 5.97 Å². The molecule has 0 amide bonds. The molecule has 5 nitrogen and oxygen atoms in total. The number of methoxy groups -OCH3 is 1. The molecule has 18 heavy (non-hydrogen) atoms. The van der Waals surface area contributed by atoms with Gasteiger partial charge in [-0.05, 0) is 6.92 Å². The Morgan fingerprint density at radius 3 is 2.72 bits per heavy atom. The number of carbonyl (C=O) groups excluding carboxylic acids is 1. The van der Waals surface area contributed by atoms with Crippen LogP contribution in [0.25, 0.3) is 0 Å². The van der Waals surface area contributed by atoms with Crippen LogP contribution in [0.4, 0.5) is 8.78 Å². The topological polar surface area (TPSA) is 72.2 Å². The minimum absolute atomic E-state index is 0.0227. The summed E-state index contributed by atoms with van der Waals surface area (Å²) in [6, 6.07) is 1.51. The van der Waals surface area contributed by atoms with Gasteiger partial charge in [0.15, 0.2) is 5.75 Å². The van der Waals surface area contributed by atoms with Gasteiger partial charge in [0.2, 0.25) is 0 Å². The molecule has 0 atom stereocenters. The Hall–Kier alpha value is -2.23. The predicted molar refractivity (Wildman–Crippen MR) is 56.4 cm³/mol. The lowest BCUT2D eigenvalue weighted by molar-refractivity contribution is 0.0510. The number of ether oxygens (including phenoxy) is 2. The second kappa shape index (κ2) is 5.91. The number of hydrogen-bond donors (Lipinski definition) is 0. The Labute approximate surface area is 102 Å². The molecule has 0 radical (unpaired) electrons. The molecule has 0 spiro atoms. The predicted octanol–water partition coefficient (Wildman–Crippen LogP) is 2.08. The maximum atomic E-state index is 12.9. The van der Waals surface area contributed by atoms with Crippen LogP contribution in [0, 0.1) is 11.3 Å². The standard InChI is InChI=1S/C11H10F2N2O3/c1-3-18-11(16)9-7(17-2)5-15-6(4-14)8(9)10(12)13/h5,10H,3H2,1-2H3. The molecule has 1 heterocycles. The summed E-state index contributed by atoms with van der Waals surface area (Å²) in [4.78, 5) is 15.2. The van der Waals surface area contributed by atoms with E-state index in [2.05, 4.69) is 9.72 Å². The Balaban J connectivity index is 3.51. The Kier molecular flexibility index (Phi) is 4.54. The fourth-order valence-electron chi connectivity index (χ4n) is 1.38. The van der Waals surface area contributed by atoms with E-state index in [0.29, 0.717) is 0 Å². The molecule has 0 aliphatic carbocycles. The fourth-order valence-corrected chi connectivity index (χ4v) is 1.38. The molecular weight excluding hydrogens is 246 g/mol. The lowest BCUT2D eigenvalue weighted by Crippen LogP contribution is -2.13. The van der Waals surface area contributed by atoms with Crippen LogP contribution in [-0.2, 0) is 4.74 Å². The van der Waals surface area contributed by atoms with Gasteiger partial charge in [0, 0.05) is 0 Å². The van der Waals surface area contributed by atoms with E-state index >= 15 is 0 Å². The monoisotopic (exact) mass is 256 g/mol. The average Bonchev–Trinajstić information content (AvgIpc) is 2.36. The molecule has 0 unspecified atom stereocenters. The summed E-state index contributed by atoms with van der Waals surface area (Å²) in [6.07, 6.45) is -1.99. The number of nitriles is 1. The largest absolute Gasteiger partial charge is 0.494 e. The second-order valence-corrected chi connectivity index (χ2v) is 3.10. The number of pyridine rings is 1. The minimum atomic E-state index is -3.03. The zero-order valence-electron chi connectivity index (χ0n) is 9.74. The molecule has 7 heteroatoms. The summed E-state index contributed by atoms with van der Waals surface area (Å²) in [7, 11) is 1.21. The molecule has 0 aliphatic heterocycles. The van der Waals surface area contributed by atoms with Gasteiger partial charge in [-0.1, -0.05) is 0 Å². The molecule has 1 aromatic rings. The summed E-state index contributed by atoms with van der Waals surface area (Å²) < 4.78 is 35.3. The number of esters is 1. The number of carbonyl (C=O) groups is 1. The second-order valence-electron chi connectivity index (χ2n) is 3.10. The molecule has 1 rings (SSSR count). The van der Waals surface area contributed by atoms with Gasteiger partial charge in [-0.15, -0.1) is 0 Å². The van der Waals surface area contributed by atoms with Crippen molar-refractivity contribution in [3.05, 3.63) is 23.0 Å². The maximum absolute atomic E-state index is 12.9. The zero-order chi connectivity index (χ0) is 13.7. The number of alkyl halides is 2. The van der Waals surface area contributed by atoms with Crippen LogP contribution in [0.15, 0.2) is 6.20 Å². The van der Waals surface area contributed by atoms with Crippen molar-refractivity contribution in [2.24, 2.45) is 0 Å². The molecule has 0 N–H and O–H groups in total. The lowest BCUT2D eigenvalue weighted by atomic mass is 10.1. The SMILES string of the molecule is CCOC(=O)c1c(OC)cnc(C#N)c1C(F)F. The summed E-state index contributed by atoms with van der Waals surface area (Å²) in [6.45, 7) is 1.56. The van der Waals surface area contributed by atoms with Crippen molar-refractivity contribution in [2.75, 3.05) is 13.7 Å². The Bertz CT molecular complexity index is 498. The zero-order valence-corrected chi connectivity index (χ0v) is 9.74. The van der Waals surface area contributed by atoms with E-state index in [-0.39, 0.29) is 12.4 Å². The molecule has 1 aromatic heterocycles. The van der Waals surface area contributed by atoms with Crippen molar-refractivity contribution in [3.63, 3.8) is 0 Å². The van der Waals surface area contributed by atoms with Gasteiger partial charge in [-0.3, -0.25) is 0 Å². The van der Waals surface area contributed by atoms with E-state index in [1.165, 1.54) is 13.2 Å². The Morgan fingerprint density at radius 1 is 1.61 bits per heavy atom. The van der Waals surface area contributed by atoms with Crippen molar-refractivity contribution in [1.82, 2.24) is 4.98 Å². The average molecular weight is 256 g/mol. The van der Waals surface area contributed by atoms with E-state index in [0.717, 1.165) is 6.20 Å². The molecule has 0 aromatic carbocycles. The summed E-state index contributed by atoms with van der Waals surface area (Å²) in [5.74, 6) is -1.12. The number of nitrogens with zero attached hydrogens (tertiary/aromatic N) is 2. The van der Waals surface area contributed by atoms with Gasteiger partial charge in [0.05, 0.1) is 25.5 Å². The van der Waals surface area contributed by atoms with Crippen LogP contribution in [0.2, 0.25) is 0 Å². The van der Waals surface area contributed by atoms with Crippen LogP contribution < -0.4 is 4.74 Å². The van der Waals surface area contributed by atoms with E-state index in [1.54, 1.807) is 6.92 Å². The molecule has 0 saturated heterocycles. The van der Waals surface area contributed by atoms with Crippen LogP contribution in [-0.4, -0.2) is 24.7 Å². The van der Waals surface area contributed by atoms with Crippen LogP contribution in [0.3, 0.4) is 0 Å². The Morgan fingerprint density at radius 2 is 2.28 bits per heavy atom. The first-order valence-corrected chi connectivity index (χ1v) is 4.99. The molecular formula is C11H10F2N2O3. The number of halogens is 2. The van der Waals surface area contributed by atoms with E-state index < -0.39 is 29.2 Å². The smallest absolute Gasteiger partial charge is 0.342 e. The van der Waals surface area contributed by atoms with Gasteiger partial charge in [0.1, 0.15) is 17.3 Å². The third-order valence-corrected chi connectivity index (χ3v) is 2.11. The summed E-state index contributed by atoms with van der Waals surface area (Å²) in [5.41, 5.74) is -1.75. The van der Waals surface area contributed by atoms with Gasteiger partial charge in [-0.25, -0.2) is 18.6 Å². The summed E-state index contributed by atoms with van der Waals surface area (Å²) >= 11 is 0. The first-order chi connectivity index (χ1) is 8.56. The maximum Gasteiger partial charge on any atom is 0.342 e. The first kappa shape index (κ1) is 13.8. The van der Waals surface area contributed by atoms with E-state index in [4.69, 9.17) is 10.00 Å². The van der Waals surface area contributed by atoms with Gasteiger partial charge >= 0.3 is 5.97 Å². The van der Waals surface area contributed by atoms with Crippen LogP contribution in [0.5, 0.6) is 5.75 Å². The van der Waals surface area contributed by atoms with Crippen molar-refractivity contribution < 1.29 is 23.0 Å². The highest BCUT2D eigenvalue weighted by Crippen LogP contribution is 2.31. The van der Waals surface area contributed by atoms with E-state index in [9.17, 15) is 13.6 Å². The highest BCUT2D eigenvalue weighted by Gasteiger charge is 2.28. The third-order valence-electron chi connectivity index (χ3n) is 2.11. The highest BCUT2D eigenvalue weighted by molar-refractivity contribution is 5.94. The fraction of sp³-hybridized carbons (Fsp3) is 0.364. The number of rotatable bonds is 4. The molecule has 0 bridgehead atoms. The number of hydrogen-bond acceptors (Lipinski definition) is 5. The van der Waals surface area contributed by atoms with E-state index in [1.807, 2.05) is 0 Å². The normalized spacial score (nSPS) is 10.0. The summed E-state index contributed by atoms with van der Waals surface area (Å²) in [5, 5.41) is 8.73. The van der Waals surface area contributed by atoms with Gasteiger partial charge < -0.3 is 9.47 Å². The van der Waals surface area contributed by atoms with Crippen LogP contribution in [0.1, 0.15) is 35.0 Å². The van der Waals surface area contributed by atoms with Crippen molar-refractivity contribution in [3.8, 4) is 11.8 Å². The first-order valence-electron chi connectivity index (χ1n) is 4.99. The van der Waals surface area contributed by atoms with Gasteiger partial charge in [-0.2, -0.15) is 5.26 Å². The van der Waals surface area contributed by atoms with Crippen molar-refractivity contribution in [2.45, 2.75) is 13.3 Å². The van der Waals surface area contributed by atoms with Gasteiger partial charge in [0.25, 0.3) is 6.43 Å². The minimum Gasteiger partial charge on any atom is -0.494 e.